The lowest BCUT2D eigenvalue weighted by atomic mass is 9.97. The molecule has 4 nitrogen and oxygen atoms in total. The van der Waals surface area contributed by atoms with Crippen molar-refractivity contribution >= 4 is 17.7 Å². The van der Waals surface area contributed by atoms with Gasteiger partial charge in [0, 0.05) is 5.02 Å². The van der Waals surface area contributed by atoms with Crippen molar-refractivity contribution in [1.29, 1.82) is 0 Å². The minimum atomic E-state index is -0.570. The SMILES string of the molecule is CC(C)CCC/C(=C\c1ccc(Cl)cc1)C(O)Cn1cncn1. The molecule has 0 aliphatic heterocycles. The summed E-state index contributed by atoms with van der Waals surface area (Å²) in [5.74, 6) is 0.666. The van der Waals surface area contributed by atoms with E-state index in [1.807, 2.05) is 24.3 Å². The number of nitrogens with zero attached hydrogens (tertiary/aromatic N) is 3. The molecule has 1 aromatic heterocycles. The highest BCUT2D eigenvalue weighted by molar-refractivity contribution is 6.30. The van der Waals surface area contributed by atoms with Gasteiger partial charge < -0.3 is 5.11 Å². The van der Waals surface area contributed by atoms with Crippen LogP contribution in [0.5, 0.6) is 0 Å². The zero-order valence-electron chi connectivity index (χ0n) is 13.7. The Hall–Kier alpha value is -1.65. The predicted molar refractivity (Wildman–Crippen MR) is 94.1 cm³/mol. The van der Waals surface area contributed by atoms with E-state index < -0.39 is 6.10 Å². The van der Waals surface area contributed by atoms with Crippen molar-refractivity contribution in [3.63, 3.8) is 0 Å². The Bertz CT molecular complexity index is 606. The first-order valence-corrected chi connectivity index (χ1v) is 8.39. The predicted octanol–water partition coefficient (Wildman–Crippen LogP) is 4.20. The van der Waals surface area contributed by atoms with Crippen molar-refractivity contribution in [2.75, 3.05) is 0 Å². The van der Waals surface area contributed by atoms with E-state index in [0.29, 0.717) is 17.5 Å². The van der Waals surface area contributed by atoms with Gasteiger partial charge in [-0.25, -0.2) is 4.98 Å². The number of hydrogen-bond donors (Lipinski definition) is 1. The molecule has 0 saturated heterocycles. The average Bonchev–Trinajstić information content (AvgIpc) is 3.01. The molecule has 1 aromatic carbocycles. The van der Waals surface area contributed by atoms with Crippen molar-refractivity contribution < 1.29 is 5.11 Å². The first kappa shape index (κ1) is 17.7. The van der Waals surface area contributed by atoms with E-state index in [1.165, 1.54) is 6.33 Å². The number of hydrogen-bond acceptors (Lipinski definition) is 3. The number of benzene rings is 1. The number of aliphatic hydroxyl groups excluding tert-OH is 1. The summed E-state index contributed by atoms with van der Waals surface area (Å²) in [6.07, 6.45) is 7.67. The first-order chi connectivity index (χ1) is 11.0. The number of halogens is 1. The summed E-state index contributed by atoms with van der Waals surface area (Å²) in [5.41, 5.74) is 2.06. The fourth-order valence-electron chi connectivity index (χ4n) is 2.44. The van der Waals surface area contributed by atoms with E-state index in [-0.39, 0.29) is 0 Å². The molecule has 0 bridgehead atoms. The van der Waals surface area contributed by atoms with Crippen LogP contribution in [0.4, 0.5) is 0 Å². The maximum Gasteiger partial charge on any atom is 0.137 e. The van der Waals surface area contributed by atoms with Crippen LogP contribution < -0.4 is 0 Å². The number of rotatable bonds is 8. The van der Waals surface area contributed by atoms with Gasteiger partial charge in [0.05, 0.1) is 12.6 Å². The van der Waals surface area contributed by atoms with E-state index >= 15 is 0 Å². The summed E-state index contributed by atoms with van der Waals surface area (Å²) in [5, 5.41) is 15.4. The van der Waals surface area contributed by atoms with Gasteiger partial charge in [0.2, 0.25) is 0 Å². The maximum atomic E-state index is 10.6. The monoisotopic (exact) mass is 333 g/mol. The van der Waals surface area contributed by atoms with Gasteiger partial charge in [-0.1, -0.05) is 50.1 Å². The number of aromatic nitrogens is 3. The van der Waals surface area contributed by atoms with Gasteiger partial charge in [-0.2, -0.15) is 5.10 Å². The van der Waals surface area contributed by atoms with E-state index in [1.54, 1.807) is 11.0 Å². The minimum absolute atomic E-state index is 0.418. The Balaban J connectivity index is 2.11. The largest absolute Gasteiger partial charge is 0.387 e. The second kappa shape index (κ2) is 8.85. The quantitative estimate of drug-likeness (QED) is 0.787. The maximum absolute atomic E-state index is 10.6. The zero-order valence-corrected chi connectivity index (χ0v) is 14.4. The van der Waals surface area contributed by atoms with Crippen molar-refractivity contribution in [1.82, 2.24) is 14.8 Å². The molecule has 0 radical (unpaired) electrons. The summed E-state index contributed by atoms with van der Waals surface area (Å²) in [6, 6.07) is 7.66. The Morgan fingerprint density at radius 1 is 1.30 bits per heavy atom. The molecule has 0 aliphatic rings. The smallest absolute Gasteiger partial charge is 0.137 e. The van der Waals surface area contributed by atoms with Crippen molar-refractivity contribution in [3.8, 4) is 0 Å². The lowest BCUT2D eigenvalue weighted by Gasteiger charge is -2.16. The van der Waals surface area contributed by atoms with Crippen LogP contribution in [0.2, 0.25) is 5.02 Å². The molecule has 1 heterocycles. The van der Waals surface area contributed by atoms with Gasteiger partial charge in [0.1, 0.15) is 12.7 Å². The normalized spacial score (nSPS) is 13.5. The molecule has 1 N–H and O–H groups in total. The zero-order chi connectivity index (χ0) is 16.7. The molecule has 124 valence electrons. The van der Waals surface area contributed by atoms with Crippen molar-refractivity contribution in [2.45, 2.75) is 45.8 Å². The van der Waals surface area contributed by atoms with Gasteiger partial charge >= 0.3 is 0 Å². The van der Waals surface area contributed by atoms with Crippen LogP contribution in [0, 0.1) is 5.92 Å². The van der Waals surface area contributed by atoms with Crippen LogP contribution >= 0.6 is 11.6 Å². The van der Waals surface area contributed by atoms with Crippen molar-refractivity contribution in [3.05, 3.63) is 53.1 Å². The third kappa shape index (κ3) is 6.16. The van der Waals surface area contributed by atoms with Gasteiger partial charge in [-0.05, 0) is 42.0 Å². The molecule has 0 amide bonds. The summed E-state index contributed by atoms with van der Waals surface area (Å²) < 4.78 is 1.66. The lowest BCUT2D eigenvalue weighted by Crippen LogP contribution is -2.19. The summed E-state index contributed by atoms with van der Waals surface area (Å²) >= 11 is 5.94. The van der Waals surface area contributed by atoms with Crippen LogP contribution in [-0.2, 0) is 6.54 Å². The highest BCUT2D eigenvalue weighted by Gasteiger charge is 2.13. The topological polar surface area (TPSA) is 50.9 Å². The molecular weight excluding hydrogens is 310 g/mol. The molecule has 1 unspecified atom stereocenters. The fourth-order valence-corrected chi connectivity index (χ4v) is 2.57. The molecule has 1 atom stereocenters. The van der Waals surface area contributed by atoms with E-state index in [2.05, 4.69) is 30.0 Å². The fraction of sp³-hybridized carbons (Fsp3) is 0.444. The number of aliphatic hydroxyl groups is 1. The Morgan fingerprint density at radius 3 is 2.65 bits per heavy atom. The third-order valence-electron chi connectivity index (χ3n) is 3.72. The van der Waals surface area contributed by atoms with E-state index in [9.17, 15) is 5.11 Å². The second-order valence-corrected chi connectivity index (χ2v) is 6.63. The van der Waals surface area contributed by atoms with Crippen LogP contribution in [0.3, 0.4) is 0 Å². The highest BCUT2D eigenvalue weighted by Crippen LogP contribution is 2.20. The van der Waals surface area contributed by atoms with Crippen LogP contribution in [0.15, 0.2) is 42.5 Å². The average molecular weight is 334 g/mol. The van der Waals surface area contributed by atoms with E-state index in [0.717, 1.165) is 30.4 Å². The highest BCUT2D eigenvalue weighted by atomic mass is 35.5. The Morgan fingerprint density at radius 2 is 2.04 bits per heavy atom. The molecular formula is C18H24ClN3O. The summed E-state index contributed by atoms with van der Waals surface area (Å²) in [4.78, 5) is 3.92. The van der Waals surface area contributed by atoms with Gasteiger partial charge in [-0.3, -0.25) is 4.68 Å². The molecule has 0 fully saturated rings. The third-order valence-corrected chi connectivity index (χ3v) is 3.98. The van der Waals surface area contributed by atoms with Crippen LogP contribution in [-0.4, -0.2) is 26.0 Å². The molecule has 2 rings (SSSR count). The molecule has 2 aromatic rings. The first-order valence-electron chi connectivity index (χ1n) is 8.01. The summed E-state index contributed by atoms with van der Waals surface area (Å²) in [7, 11) is 0. The molecule has 0 spiro atoms. The van der Waals surface area contributed by atoms with Gasteiger partial charge in [-0.15, -0.1) is 0 Å². The van der Waals surface area contributed by atoms with Crippen LogP contribution in [0.1, 0.15) is 38.7 Å². The molecule has 0 saturated carbocycles. The lowest BCUT2D eigenvalue weighted by molar-refractivity contribution is 0.180. The standard InChI is InChI=1S/C18H24ClN3O/c1-14(2)4-3-5-16(10-15-6-8-17(19)9-7-15)18(23)11-22-13-20-12-21-22/h6-10,12-14,18,23H,3-5,11H2,1-2H3/b16-10+. The Labute approximate surface area is 142 Å². The Kier molecular flexibility index (Phi) is 6.81. The molecule has 0 aliphatic carbocycles. The van der Waals surface area contributed by atoms with Crippen LogP contribution in [0.25, 0.3) is 6.08 Å². The van der Waals surface area contributed by atoms with Gasteiger partial charge in [0.15, 0.2) is 0 Å². The minimum Gasteiger partial charge on any atom is -0.387 e. The van der Waals surface area contributed by atoms with Crippen molar-refractivity contribution in [2.24, 2.45) is 5.92 Å². The van der Waals surface area contributed by atoms with E-state index in [4.69, 9.17) is 11.6 Å². The molecule has 23 heavy (non-hydrogen) atoms. The summed E-state index contributed by atoms with van der Waals surface area (Å²) in [6.45, 7) is 4.85. The molecule has 5 heteroatoms. The van der Waals surface area contributed by atoms with Gasteiger partial charge in [0.25, 0.3) is 0 Å². The second-order valence-electron chi connectivity index (χ2n) is 6.19.